The first-order valence-corrected chi connectivity index (χ1v) is 10.2. The van der Waals surface area contributed by atoms with Gasteiger partial charge in [0, 0.05) is 7.11 Å². The minimum atomic E-state index is -1.67. The number of aromatic nitrogens is 2. The Balaban J connectivity index is 1.93. The largest absolute Gasteiger partial charge is 0.383 e. The maximum absolute atomic E-state index is 13.9. The number of amides is 1. The number of hydrogen-bond donors (Lipinski definition) is 1. The molecule has 1 amide bonds. The summed E-state index contributed by atoms with van der Waals surface area (Å²) in [4.78, 5) is 30.1. The molecule has 2 aromatic carbocycles. The maximum atomic E-state index is 13.9. The maximum Gasteiger partial charge on any atom is 0.262 e. The van der Waals surface area contributed by atoms with Gasteiger partial charge in [-0.1, -0.05) is 23.9 Å². The number of nitrogens with zero attached hydrogens (tertiary/aromatic N) is 2. The number of carbonyl (C=O) groups is 1. The Labute approximate surface area is 180 Å². The van der Waals surface area contributed by atoms with Crippen molar-refractivity contribution in [3.05, 3.63) is 64.2 Å². The molecule has 2 atom stereocenters. The van der Waals surface area contributed by atoms with Crippen LogP contribution >= 0.6 is 11.8 Å². The van der Waals surface area contributed by atoms with Gasteiger partial charge in [-0.25, -0.2) is 18.2 Å². The third-order valence-electron chi connectivity index (χ3n) is 4.57. The van der Waals surface area contributed by atoms with Gasteiger partial charge in [0.05, 0.1) is 34.5 Å². The summed E-state index contributed by atoms with van der Waals surface area (Å²) in [6.07, 6.45) is 0. The zero-order chi connectivity index (χ0) is 22.7. The van der Waals surface area contributed by atoms with Crippen molar-refractivity contribution in [2.24, 2.45) is 0 Å². The van der Waals surface area contributed by atoms with Crippen molar-refractivity contribution in [3.8, 4) is 0 Å². The molecule has 0 spiro atoms. The Kier molecular flexibility index (Phi) is 7.01. The fraction of sp³-hybridized carbons (Fsp3) is 0.286. The van der Waals surface area contributed by atoms with Gasteiger partial charge in [0.2, 0.25) is 5.91 Å². The van der Waals surface area contributed by atoms with E-state index in [4.69, 9.17) is 4.74 Å². The molecule has 0 saturated heterocycles. The molecular weight excluding hydrogens is 431 g/mol. The van der Waals surface area contributed by atoms with Crippen LogP contribution in [0.1, 0.15) is 19.9 Å². The summed E-state index contributed by atoms with van der Waals surface area (Å²) in [5, 5.41) is 2.12. The zero-order valence-corrected chi connectivity index (χ0v) is 17.8. The van der Waals surface area contributed by atoms with Crippen LogP contribution in [0.2, 0.25) is 0 Å². The molecule has 0 fully saturated rings. The highest BCUT2D eigenvalue weighted by atomic mass is 32.2. The highest BCUT2D eigenvalue weighted by molar-refractivity contribution is 8.00. The van der Waals surface area contributed by atoms with E-state index in [1.165, 1.54) is 18.6 Å². The van der Waals surface area contributed by atoms with Crippen LogP contribution in [0, 0.1) is 17.5 Å². The van der Waals surface area contributed by atoms with Crippen molar-refractivity contribution in [1.82, 2.24) is 9.55 Å². The number of benzene rings is 2. The number of ether oxygens (including phenoxy) is 1. The third kappa shape index (κ3) is 4.75. The third-order valence-corrected chi connectivity index (χ3v) is 5.63. The molecule has 3 rings (SSSR count). The molecule has 0 aliphatic carbocycles. The zero-order valence-electron chi connectivity index (χ0n) is 17.0. The predicted molar refractivity (Wildman–Crippen MR) is 113 cm³/mol. The van der Waals surface area contributed by atoms with Crippen molar-refractivity contribution in [3.63, 3.8) is 0 Å². The Bertz CT molecular complexity index is 1190. The SMILES string of the molecule is COC[C@@H](C)n1c(S[C@@H](C)C(=O)Nc2ccc(F)c(F)c2F)nc2ccccc2c1=O. The number of thioether (sulfide) groups is 1. The number of para-hydroxylation sites is 1. The lowest BCUT2D eigenvalue weighted by molar-refractivity contribution is -0.115. The standard InChI is InChI=1S/C21H20F3N3O3S/c1-11(10-30-3)27-20(29)13-6-4-5-7-15(13)26-21(27)31-12(2)19(28)25-16-9-8-14(22)17(23)18(16)24/h4-9,11-12H,10H2,1-3H3,(H,25,28)/t11-,12+/m1/s1. The summed E-state index contributed by atoms with van der Waals surface area (Å²) in [6.45, 7) is 3.56. The molecule has 0 aliphatic rings. The topological polar surface area (TPSA) is 73.2 Å². The molecule has 0 unspecified atom stereocenters. The average Bonchev–Trinajstić information content (AvgIpc) is 2.74. The summed E-state index contributed by atoms with van der Waals surface area (Å²) in [5.74, 6) is -5.17. The number of carbonyl (C=O) groups excluding carboxylic acids is 1. The predicted octanol–water partition coefficient (Wildman–Crippen LogP) is 4.14. The summed E-state index contributed by atoms with van der Waals surface area (Å²) < 4.78 is 47.0. The van der Waals surface area contributed by atoms with E-state index in [1.54, 1.807) is 31.2 Å². The van der Waals surface area contributed by atoms with Gasteiger partial charge in [0.25, 0.3) is 5.56 Å². The Morgan fingerprint density at radius 3 is 2.58 bits per heavy atom. The summed E-state index contributed by atoms with van der Waals surface area (Å²) in [5.41, 5.74) is -0.292. The number of rotatable bonds is 7. The van der Waals surface area contributed by atoms with Crippen molar-refractivity contribution in [2.75, 3.05) is 19.0 Å². The molecule has 0 saturated carbocycles. The second-order valence-corrected chi connectivity index (χ2v) is 8.17. The number of anilines is 1. The second-order valence-electron chi connectivity index (χ2n) is 6.86. The van der Waals surface area contributed by atoms with Gasteiger partial charge in [-0.3, -0.25) is 14.2 Å². The highest BCUT2D eigenvalue weighted by Gasteiger charge is 2.23. The van der Waals surface area contributed by atoms with E-state index in [9.17, 15) is 22.8 Å². The van der Waals surface area contributed by atoms with Crippen LogP contribution < -0.4 is 10.9 Å². The van der Waals surface area contributed by atoms with Crippen LogP contribution in [0.25, 0.3) is 10.9 Å². The average molecular weight is 451 g/mol. The Hall–Kier alpha value is -2.85. The number of halogens is 3. The van der Waals surface area contributed by atoms with E-state index in [0.29, 0.717) is 10.9 Å². The molecule has 1 N–H and O–H groups in total. The minimum absolute atomic E-state index is 0.244. The van der Waals surface area contributed by atoms with Gasteiger partial charge in [-0.05, 0) is 38.1 Å². The lowest BCUT2D eigenvalue weighted by atomic mass is 10.2. The van der Waals surface area contributed by atoms with Crippen molar-refractivity contribution in [2.45, 2.75) is 30.3 Å². The summed E-state index contributed by atoms with van der Waals surface area (Å²) in [6, 6.07) is 8.12. The number of methoxy groups -OCH3 is 1. The quantitative estimate of drug-likeness (QED) is 0.332. The molecule has 0 radical (unpaired) electrons. The van der Waals surface area contributed by atoms with Crippen molar-refractivity contribution in [1.29, 1.82) is 0 Å². The molecule has 10 heteroatoms. The van der Waals surface area contributed by atoms with E-state index in [0.717, 1.165) is 23.9 Å². The van der Waals surface area contributed by atoms with Gasteiger partial charge in [-0.2, -0.15) is 0 Å². The van der Waals surface area contributed by atoms with Crippen LogP contribution in [-0.4, -0.2) is 34.4 Å². The fourth-order valence-electron chi connectivity index (χ4n) is 2.98. The van der Waals surface area contributed by atoms with Gasteiger partial charge in [0.1, 0.15) is 0 Å². The van der Waals surface area contributed by atoms with Crippen LogP contribution in [0.4, 0.5) is 18.9 Å². The molecule has 1 heterocycles. The summed E-state index contributed by atoms with van der Waals surface area (Å²) >= 11 is 0.988. The van der Waals surface area contributed by atoms with Crippen LogP contribution in [-0.2, 0) is 9.53 Å². The fourth-order valence-corrected chi connectivity index (χ4v) is 3.99. The monoisotopic (exact) mass is 451 g/mol. The molecule has 164 valence electrons. The highest BCUT2D eigenvalue weighted by Crippen LogP contribution is 2.27. The van der Waals surface area contributed by atoms with Crippen molar-refractivity contribution >= 4 is 34.3 Å². The van der Waals surface area contributed by atoms with Crippen LogP contribution in [0.3, 0.4) is 0 Å². The smallest absolute Gasteiger partial charge is 0.262 e. The van der Waals surface area contributed by atoms with E-state index >= 15 is 0 Å². The van der Waals surface area contributed by atoms with E-state index < -0.39 is 34.3 Å². The Morgan fingerprint density at radius 1 is 1.16 bits per heavy atom. The lowest BCUT2D eigenvalue weighted by Gasteiger charge is -2.20. The van der Waals surface area contributed by atoms with E-state index in [-0.39, 0.29) is 23.4 Å². The minimum Gasteiger partial charge on any atom is -0.383 e. The number of hydrogen-bond acceptors (Lipinski definition) is 5. The van der Waals surface area contributed by atoms with Gasteiger partial charge in [0.15, 0.2) is 22.6 Å². The number of fused-ring (bicyclic) bond motifs is 1. The molecule has 31 heavy (non-hydrogen) atoms. The lowest BCUT2D eigenvalue weighted by Crippen LogP contribution is -2.30. The summed E-state index contributed by atoms with van der Waals surface area (Å²) in [7, 11) is 1.51. The van der Waals surface area contributed by atoms with Gasteiger partial charge >= 0.3 is 0 Å². The normalized spacial score (nSPS) is 13.2. The first kappa shape index (κ1) is 22.8. The van der Waals surface area contributed by atoms with Crippen LogP contribution in [0.15, 0.2) is 46.3 Å². The Morgan fingerprint density at radius 2 is 1.87 bits per heavy atom. The molecule has 1 aromatic heterocycles. The van der Waals surface area contributed by atoms with Gasteiger partial charge < -0.3 is 10.1 Å². The molecule has 0 aliphatic heterocycles. The van der Waals surface area contributed by atoms with Crippen LogP contribution in [0.5, 0.6) is 0 Å². The number of nitrogens with one attached hydrogen (secondary N) is 1. The molecule has 6 nitrogen and oxygen atoms in total. The van der Waals surface area contributed by atoms with E-state index in [2.05, 4.69) is 10.3 Å². The second kappa shape index (κ2) is 9.52. The van der Waals surface area contributed by atoms with Gasteiger partial charge in [-0.15, -0.1) is 0 Å². The van der Waals surface area contributed by atoms with E-state index in [1.807, 2.05) is 0 Å². The first-order chi connectivity index (χ1) is 14.7. The van der Waals surface area contributed by atoms with Crippen molar-refractivity contribution < 1.29 is 22.7 Å². The first-order valence-electron chi connectivity index (χ1n) is 9.35. The molecule has 0 bridgehead atoms. The molecule has 3 aromatic rings. The molecular formula is C21H20F3N3O3S.